The van der Waals surface area contributed by atoms with Gasteiger partial charge in [-0.15, -0.1) is 24.8 Å². The monoisotopic (exact) mass is 474 g/mol. The third-order valence-electron chi connectivity index (χ3n) is 9.03. The zero-order chi connectivity index (χ0) is 19.7. The summed E-state index contributed by atoms with van der Waals surface area (Å²) in [6, 6.07) is 8.93. The van der Waals surface area contributed by atoms with E-state index in [1.807, 2.05) is 0 Å². The summed E-state index contributed by atoms with van der Waals surface area (Å²) in [5.41, 5.74) is 4.46. The molecule has 8 rings (SSSR count). The molecule has 3 aromatic rings. The van der Waals surface area contributed by atoms with Crippen LogP contribution >= 0.6 is 24.8 Å². The highest BCUT2D eigenvalue weighted by molar-refractivity contribution is 5.85. The van der Waals surface area contributed by atoms with Crippen LogP contribution in [0.15, 0.2) is 30.5 Å². The Hall–Kier alpha value is -1.23. The van der Waals surface area contributed by atoms with Gasteiger partial charge >= 0.3 is 0 Å². The minimum atomic E-state index is 0. The van der Waals surface area contributed by atoms with Gasteiger partial charge in [0, 0.05) is 24.7 Å². The van der Waals surface area contributed by atoms with Crippen molar-refractivity contribution in [1.29, 1.82) is 0 Å². The highest BCUT2D eigenvalue weighted by Gasteiger charge is 2.52. The van der Waals surface area contributed by atoms with Crippen molar-refractivity contribution < 1.29 is 0 Å². The number of halogens is 2. The van der Waals surface area contributed by atoms with Gasteiger partial charge in [-0.05, 0) is 94.3 Å². The largest absolute Gasteiger partial charge is 0.308 e. The van der Waals surface area contributed by atoms with E-state index in [-0.39, 0.29) is 24.8 Å². The first-order valence-corrected chi connectivity index (χ1v) is 12.5. The minimum Gasteiger partial charge on any atom is -0.308 e. The van der Waals surface area contributed by atoms with Crippen LogP contribution in [0, 0.1) is 17.8 Å². The first kappa shape index (κ1) is 22.6. The van der Waals surface area contributed by atoms with E-state index in [1.165, 1.54) is 93.4 Å². The third-order valence-corrected chi connectivity index (χ3v) is 9.03. The van der Waals surface area contributed by atoms with E-state index in [2.05, 4.69) is 44.3 Å². The molecule has 4 bridgehead atoms. The Kier molecular flexibility index (Phi) is 6.01. The summed E-state index contributed by atoms with van der Waals surface area (Å²) in [6.45, 7) is 4.73. The van der Waals surface area contributed by atoms with Crippen molar-refractivity contribution in [1.82, 2.24) is 18.9 Å². The van der Waals surface area contributed by atoms with E-state index >= 15 is 0 Å². The number of benzene rings is 1. The zero-order valence-corrected chi connectivity index (χ0v) is 20.5. The third kappa shape index (κ3) is 3.49. The topological polar surface area (TPSA) is 25.5 Å². The summed E-state index contributed by atoms with van der Waals surface area (Å²) in [4.78, 5) is 8.06. The normalized spacial score (nSPS) is 31.7. The first-order valence-electron chi connectivity index (χ1n) is 12.5. The molecule has 1 saturated heterocycles. The van der Waals surface area contributed by atoms with Crippen LogP contribution in [0.5, 0.6) is 0 Å². The van der Waals surface area contributed by atoms with E-state index in [0.717, 1.165) is 30.8 Å². The molecule has 4 saturated carbocycles. The van der Waals surface area contributed by atoms with Crippen molar-refractivity contribution in [2.45, 2.75) is 69.7 Å². The molecule has 4 nitrogen and oxygen atoms in total. The predicted molar refractivity (Wildman–Crippen MR) is 135 cm³/mol. The average Bonchev–Trinajstić information content (AvgIpc) is 3.31. The number of likely N-dealkylation sites (tertiary alicyclic amines) is 1. The van der Waals surface area contributed by atoms with E-state index in [9.17, 15) is 0 Å². The predicted octanol–water partition coefficient (Wildman–Crippen LogP) is 6.09. The lowest BCUT2D eigenvalue weighted by molar-refractivity contribution is -0.00698. The fourth-order valence-electron chi connectivity index (χ4n) is 8.07. The number of hydrogen-bond acceptors (Lipinski definition) is 2. The van der Waals surface area contributed by atoms with E-state index < -0.39 is 0 Å². The summed E-state index contributed by atoms with van der Waals surface area (Å²) < 4.78 is 4.92. The number of nitrogens with zero attached hydrogens (tertiary/aromatic N) is 4. The van der Waals surface area contributed by atoms with Crippen LogP contribution in [0.4, 0.5) is 0 Å². The number of rotatable bonds is 4. The molecule has 5 aliphatic rings. The summed E-state index contributed by atoms with van der Waals surface area (Å²) in [7, 11) is 0. The maximum Gasteiger partial charge on any atom is 0.215 e. The second-order valence-electron chi connectivity index (χ2n) is 11.0. The van der Waals surface area contributed by atoms with Gasteiger partial charge in [0.25, 0.3) is 0 Å². The first-order chi connectivity index (χ1) is 14.8. The van der Waals surface area contributed by atoms with Crippen LogP contribution in [0.1, 0.15) is 63.5 Å². The second-order valence-corrected chi connectivity index (χ2v) is 11.0. The molecule has 2 aromatic heterocycles. The molecule has 0 radical (unpaired) electrons. The van der Waals surface area contributed by atoms with Crippen molar-refractivity contribution in [2.24, 2.45) is 17.8 Å². The van der Waals surface area contributed by atoms with Crippen LogP contribution in [0.2, 0.25) is 0 Å². The second kappa shape index (κ2) is 8.52. The van der Waals surface area contributed by atoms with Gasteiger partial charge in [-0.1, -0.05) is 18.6 Å². The van der Waals surface area contributed by atoms with Crippen molar-refractivity contribution >= 4 is 41.6 Å². The van der Waals surface area contributed by atoms with E-state index in [4.69, 9.17) is 4.98 Å². The number of imidazole rings is 2. The smallest absolute Gasteiger partial charge is 0.215 e. The fourth-order valence-corrected chi connectivity index (χ4v) is 8.07. The molecule has 32 heavy (non-hydrogen) atoms. The number of hydrogen-bond donors (Lipinski definition) is 0. The molecule has 6 heteroatoms. The number of aromatic nitrogens is 3. The van der Waals surface area contributed by atoms with Gasteiger partial charge in [-0.25, -0.2) is 4.98 Å². The highest BCUT2D eigenvalue weighted by atomic mass is 35.5. The molecule has 3 heterocycles. The van der Waals surface area contributed by atoms with Crippen LogP contribution in [0.25, 0.3) is 16.8 Å². The van der Waals surface area contributed by atoms with Gasteiger partial charge in [-0.2, -0.15) is 0 Å². The van der Waals surface area contributed by atoms with Crippen LogP contribution in [-0.2, 0) is 12.0 Å². The Morgan fingerprint density at radius 1 is 0.812 bits per heavy atom. The molecule has 1 aliphatic heterocycles. The van der Waals surface area contributed by atoms with Crippen LogP contribution < -0.4 is 0 Å². The SMILES string of the molecule is Cl.Cl.c1ccc2c(c1)n(CCN1CCCCC1)c1nc(C34CC5CC(CC(C5)C3)C4)cn21. The Labute approximate surface area is 203 Å². The molecule has 0 N–H and O–H groups in total. The molecule has 1 aromatic carbocycles. The van der Waals surface area contributed by atoms with Gasteiger partial charge in [0.1, 0.15) is 0 Å². The van der Waals surface area contributed by atoms with Gasteiger partial charge in [-0.3, -0.25) is 4.40 Å². The van der Waals surface area contributed by atoms with Crippen LogP contribution in [-0.4, -0.2) is 38.5 Å². The Morgan fingerprint density at radius 2 is 1.44 bits per heavy atom. The molecular weight excluding hydrogens is 439 g/mol. The van der Waals surface area contributed by atoms with Gasteiger partial charge in [0.15, 0.2) is 0 Å². The molecule has 0 amide bonds. The van der Waals surface area contributed by atoms with Crippen molar-refractivity contribution in [3.8, 4) is 0 Å². The number of fused-ring (bicyclic) bond motifs is 3. The van der Waals surface area contributed by atoms with Crippen molar-refractivity contribution in [2.75, 3.05) is 19.6 Å². The van der Waals surface area contributed by atoms with E-state index in [1.54, 1.807) is 0 Å². The van der Waals surface area contributed by atoms with Gasteiger partial charge in [0.05, 0.1) is 16.7 Å². The van der Waals surface area contributed by atoms with Gasteiger partial charge < -0.3 is 9.47 Å². The maximum absolute atomic E-state index is 5.41. The summed E-state index contributed by atoms with van der Waals surface area (Å²) >= 11 is 0. The number of piperidine rings is 1. The molecule has 0 unspecified atom stereocenters. The number of para-hydroxylation sites is 2. The standard InChI is InChI=1S/C26H34N4.2ClH/c1-4-8-28(9-5-1)10-11-29-22-6-2-3-7-23(22)30-18-24(27-25(29)30)26-15-19-12-20(16-26)14-21(13-19)17-26;;/h2-3,6-7,18-21H,1,4-5,8-17H2;2*1H. The summed E-state index contributed by atoms with van der Waals surface area (Å²) in [5, 5.41) is 0. The average molecular weight is 476 g/mol. The lowest BCUT2D eigenvalue weighted by Crippen LogP contribution is -2.48. The Bertz CT molecular complexity index is 1060. The zero-order valence-electron chi connectivity index (χ0n) is 18.9. The van der Waals surface area contributed by atoms with Crippen molar-refractivity contribution in [3.05, 3.63) is 36.2 Å². The Morgan fingerprint density at radius 3 is 2.09 bits per heavy atom. The summed E-state index contributed by atoms with van der Waals surface area (Å²) in [6.07, 6.45) is 15.2. The summed E-state index contributed by atoms with van der Waals surface area (Å²) in [5.74, 6) is 4.08. The van der Waals surface area contributed by atoms with Crippen molar-refractivity contribution in [3.63, 3.8) is 0 Å². The van der Waals surface area contributed by atoms with Gasteiger partial charge in [0.2, 0.25) is 5.78 Å². The quantitative estimate of drug-likeness (QED) is 0.457. The molecule has 4 aliphatic carbocycles. The lowest BCUT2D eigenvalue weighted by Gasteiger charge is -2.56. The van der Waals surface area contributed by atoms with Crippen LogP contribution in [0.3, 0.4) is 0 Å². The molecule has 5 fully saturated rings. The minimum absolute atomic E-state index is 0. The van der Waals surface area contributed by atoms with E-state index in [0.29, 0.717) is 5.41 Å². The molecular formula is C26H36Cl2N4. The highest BCUT2D eigenvalue weighted by Crippen LogP contribution is 2.60. The molecule has 174 valence electrons. The molecule has 0 spiro atoms. The molecule has 0 atom stereocenters. The lowest BCUT2D eigenvalue weighted by atomic mass is 9.49. The Balaban J connectivity index is 0.00000108. The fraction of sp³-hybridized carbons (Fsp3) is 0.654. The maximum atomic E-state index is 5.41.